The van der Waals surface area contributed by atoms with Gasteiger partial charge in [-0.2, -0.15) is 0 Å². The summed E-state index contributed by atoms with van der Waals surface area (Å²) in [5.74, 6) is -8.65. The lowest BCUT2D eigenvalue weighted by molar-refractivity contribution is -0.117. The maximum Gasteiger partial charge on any atom is 0.292 e. The van der Waals surface area contributed by atoms with Crippen molar-refractivity contribution in [1.82, 2.24) is 96.5 Å². The number of carbonyl (C=O) groups is 15. The minimum absolute atomic E-state index is 0.0123. The Morgan fingerprint density at radius 3 is 1.15 bits per heavy atom. The van der Waals surface area contributed by atoms with Crippen molar-refractivity contribution in [2.75, 3.05) is 95.4 Å². The van der Waals surface area contributed by atoms with E-state index in [0.717, 1.165) is 16.3 Å². The van der Waals surface area contributed by atoms with E-state index in [4.69, 9.17) is 11.6 Å². The van der Waals surface area contributed by atoms with Crippen molar-refractivity contribution in [3.63, 3.8) is 0 Å². The molecule has 1 atom stereocenters. The number of imidazole rings is 6. The number of nitrogens with zero attached hydrogens (tertiary/aromatic N) is 17. The predicted molar refractivity (Wildman–Crippen MR) is 501 cm³/mol. The van der Waals surface area contributed by atoms with Gasteiger partial charge in [0.1, 0.15) is 34.2 Å². The number of anilines is 12. The average molecular weight is 1890 g/mol. The van der Waals surface area contributed by atoms with Gasteiger partial charge in [0.15, 0.2) is 34.9 Å². The van der Waals surface area contributed by atoms with Gasteiger partial charge in [-0.05, 0) is 59.8 Å². The van der Waals surface area contributed by atoms with Crippen molar-refractivity contribution in [1.29, 1.82) is 0 Å². The molecule has 48 nitrogen and oxygen atoms in total. The minimum Gasteiger partial charge on any atom is -0.507 e. The number of alkyl halides is 1. The van der Waals surface area contributed by atoms with E-state index in [0.29, 0.717) is 40.2 Å². The Kier molecular flexibility index (Phi) is 26.8. The Bertz CT molecular complexity index is 7290. The molecule has 137 heavy (non-hydrogen) atoms. The van der Waals surface area contributed by atoms with Crippen LogP contribution in [0.25, 0.3) is 21.7 Å². The normalized spacial score (nSPS) is 12.1. The second kappa shape index (κ2) is 39.2. The Morgan fingerprint density at radius 2 is 0.715 bits per heavy atom. The first-order valence-electron chi connectivity index (χ1n) is 42.2. The number of aromatic hydroxyl groups is 1. The molecule has 1 aliphatic heterocycles. The zero-order valence-corrected chi connectivity index (χ0v) is 76.0. The summed E-state index contributed by atoms with van der Waals surface area (Å²) in [6.45, 7) is 1.41. The number of nitrogens with one attached hydrogen (secondary N) is 15. The third-order valence-electron chi connectivity index (χ3n) is 21.9. The number of halogens is 1. The lowest BCUT2D eigenvalue weighted by Gasteiger charge is -2.17. The van der Waals surface area contributed by atoms with Gasteiger partial charge in [0.25, 0.3) is 65.0 Å². The highest BCUT2D eigenvalue weighted by Crippen LogP contribution is 2.46. The average Bonchev–Trinajstić information content (AvgIpc) is 1.59. The molecule has 0 aliphatic carbocycles. The SMILES string of the molecule is CC(=O)Nc1cn(C)c(C(=O)Nc2cn(C)c(C(=O)NCCC(=O)Nc3cn(C)c(C(=O)Nc4cn(C)c(C(=O)Nc5cc(C(=O)Nc6cn(C)c(C(=O)NCCCC(=O)Nc7cc(C(=O)Nc8cn(C)c(C(=O)NCCC(=O)Nc9cc(C(=O)Nc%10cc(C(=O)Nc%11ccc%12cc(C(=O)N%13CC(CCl)c%14c%13cc(O)c%13ccccc%14%13)[nH]c%12c%11)n(C)c%10)n(C)c9)n8)n(C)c7)n6)n(C)c5)n4)n3)n2)n1. The van der Waals surface area contributed by atoms with E-state index in [1.807, 2.05) is 24.3 Å². The molecule has 0 saturated heterocycles. The number of rotatable bonds is 33. The summed E-state index contributed by atoms with van der Waals surface area (Å²) in [6, 6.07) is 21.7. The first-order chi connectivity index (χ1) is 65.3. The van der Waals surface area contributed by atoms with Gasteiger partial charge in [-0.1, -0.05) is 30.3 Å². The number of amides is 15. The highest BCUT2D eigenvalue weighted by Gasteiger charge is 2.37. The summed E-state index contributed by atoms with van der Waals surface area (Å²) < 4.78 is 14.2. The number of benzene rings is 3. The highest BCUT2D eigenvalue weighted by atomic mass is 35.5. The molecule has 14 aromatic rings. The quantitative estimate of drug-likeness (QED) is 0.0162. The molecule has 3 aromatic carbocycles. The van der Waals surface area contributed by atoms with Crippen LogP contribution in [-0.4, -0.2) is 206 Å². The second-order valence-corrected chi connectivity index (χ2v) is 32.6. The van der Waals surface area contributed by atoms with Crippen LogP contribution < -0.4 is 79.3 Å². The molecule has 0 saturated carbocycles. The molecule has 12 heterocycles. The maximum atomic E-state index is 14.1. The zero-order valence-electron chi connectivity index (χ0n) is 75.3. The van der Waals surface area contributed by atoms with Gasteiger partial charge >= 0.3 is 0 Å². The summed E-state index contributed by atoms with van der Waals surface area (Å²) in [4.78, 5) is 229. The fraction of sp³-hybridized carbons (Fsp3) is 0.239. The number of aromatic amines is 1. The van der Waals surface area contributed by atoms with Crippen LogP contribution >= 0.6 is 11.6 Å². The Hall–Kier alpha value is -18.0. The smallest absolute Gasteiger partial charge is 0.292 e. The van der Waals surface area contributed by atoms with Gasteiger partial charge in [-0.3, -0.25) is 71.9 Å². The van der Waals surface area contributed by atoms with Crippen LogP contribution in [0.15, 0.2) is 141 Å². The molecule has 0 fully saturated rings. The molecule has 1 aliphatic rings. The molecular weight excluding hydrogens is 1800 g/mol. The van der Waals surface area contributed by atoms with Crippen LogP contribution in [-0.2, 0) is 89.7 Å². The number of fused-ring (bicyclic) bond motifs is 4. The Labute approximate surface area is 780 Å². The number of phenols is 1. The molecule has 15 amide bonds. The third-order valence-corrected chi connectivity index (χ3v) is 22.2. The molecular formula is C88H91ClN32O16. The predicted octanol–water partition coefficient (Wildman–Crippen LogP) is 6.15. The minimum atomic E-state index is -0.747. The van der Waals surface area contributed by atoms with E-state index >= 15 is 0 Å². The van der Waals surface area contributed by atoms with Crippen molar-refractivity contribution < 1.29 is 77.0 Å². The first kappa shape index (κ1) is 93.7. The number of carbonyl (C=O) groups excluding carboxylic acids is 15. The lowest BCUT2D eigenvalue weighted by atomic mass is 9.95. The van der Waals surface area contributed by atoms with Crippen LogP contribution in [0.1, 0.15) is 160 Å². The van der Waals surface area contributed by atoms with Crippen LogP contribution in [0.5, 0.6) is 5.75 Å². The second-order valence-electron chi connectivity index (χ2n) is 32.3. The van der Waals surface area contributed by atoms with Crippen LogP contribution in [0.4, 0.5) is 69.0 Å². The lowest BCUT2D eigenvalue weighted by Crippen LogP contribution is -2.30. The van der Waals surface area contributed by atoms with Crippen molar-refractivity contribution in [3.8, 4) is 5.75 Å². The van der Waals surface area contributed by atoms with E-state index in [1.54, 1.807) is 81.2 Å². The van der Waals surface area contributed by atoms with Crippen molar-refractivity contribution in [2.45, 2.75) is 38.5 Å². The molecule has 0 radical (unpaired) electrons. The topological polar surface area (TPSA) is 590 Å². The molecule has 706 valence electrons. The van der Waals surface area contributed by atoms with Gasteiger partial charge in [0.05, 0.1) is 28.4 Å². The zero-order chi connectivity index (χ0) is 97.8. The van der Waals surface area contributed by atoms with Gasteiger partial charge in [0, 0.05) is 225 Å². The van der Waals surface area contributed by atoms with Gasteiger partial charge in [-0.15, -0.1) is 11.6 Å². The number of aryl methyl sites for hydroxylation is 10. The van der Waals surface area contributed by atoms with Gasteiger partial charge < -0.3 is 135 Å². The largest absolute Gasteiger partial charge is 0.507 e. The summed E-state index contributed by atoms with van der Waals surface area (Å²) >= 11 is 6.43. The monoisotopic (exact) mass is 1890 g/mol. The highest BCUT2D eigenvalue weighted by molar-refractivity contribution is 6.20. The van der Waals surface area contributed by atoms with E-state index in [2.05, 4.69) is 109 Å². The van der Waals surface area contributed by atoms with E-state index in [9.17, 15) is 77.0 Å². The number of H-pyrrole nitrogens is 1. The van der Waals surface area contributed by atoms with Gasteiger partial charge in [0.2, 0.25) is 58.6 Å². The van der Waals surface area contributed by atoms with E-state index in [1.165, 1.54) is 163 Å². The third kappa shape index (κ3) is 21.0. The summed E-state index contributed by atoms with van der Waals surface area (Å²) in [5, 5.41) is 50.4. The van der Waals surface area contributed by atoms with E-state index < -0.39 is 76.8 Å². The molecule has 0 spiro atoms. The molecule has 16 N–H and O–H groups in total. The number of aromatic nitrogens is 17. The van der Waals surface area contributed by atoms with Crippen molar-refractivity contribution in [3.05, 3.63) is 210 Å². The molecule has 11 aromatic heterocycles. The summed E-state index contributed by atoms with van der Waals surface area (Å²) in [6.07, 6.45) is 14.3. The number of phenolic OH excluding ortho intramolecular Hbond substituents is 1. The fourth-order valence-electron chi connectivity index (χ4n) is 15.5. The van der Waals surface area contributed by atoms with Crippen molar-refractivity contribution in [2.24, 2.45) is 70.5 Å². The van der Waals surface area contributed by atoms with Gasteiger partial charge in [-0.25, -0.2) is 29.9 Å². The van der Waals surface area contributed by atoms with Crippen LogP contribution in [0.3, 0.4) is 0 Å². The number of hydrogen-bond acceptors (Lipinski definition) is 22. The maximum absolute atomic E-state index is 14.1. The number of hydrogen-bond donors (Lipinski definition) is 16. The molecule has 15 rings (SSSR count). The Balaban J connectivity index is 0.445. The molecule has 49 heteroatoms. The fourth-order valence-corrected chi connectivity index (χ4v) is 15.7. The molecule has 1 unspecified atom stereocenters. The van der Waals surface area contributed by atoms with E-state index in [-0.39, 0.29) is 184 Å². The van der Waals surface area contributed by atoms with Crippen LogP contribution in [0, 0.1) is 0 Å². The first-order valence-corrected chi connectivity index (χ1v) is 42.7. The molecule has 0 bridgehead atoms. The van der Waals surface area contributed by atoms with Crippen molar-refractivity contribution >= 4 is 191 Å². The Morgan fingerprint density at radius 1 is 0.365 bits per heavy atom. The summed E-state index contributed by atoms with van der Waals surface area (Å²) in [5.41, 5.74) is 4.46. The summed E-state index contributed by atoms with van der Waals surface area (Å²) in [7, 11) is 15.6. The standard InChI is InChI=1S/C88H91ClN32O16/c1-44(122)93-62-38-118(9)76(101-62)86(135)109-66-42-117(8)74(105-66)84(133)92-24-21-70(126)100-63-39-119(10)77(102-63)87(136)110-67-43-120(11)75(106-67)85(134)98-51-30-60(114(5)37-51)81(130)108-64-40-115(6)72(103-64)82(131)90-22-14-17-68(124)94-48-28-59(112(3)34-48)80(129)107-65-41-116(7)73(104-65)83(132)91-23-20-69(125)95-49-27-57(111(2)35-49)79(128)97-50-29-58(113(4)36-50)78(127)96-47-19-18-45-25-55(99-54(45)26-47)88(137)121-33-46(32-89)71-53-16-13-12-15-52(53)61(123)31-56(71)121/h12-13,15-16,18-19,25-31,34-43,46,99,123H,14,17,20-24,32-33H2,1-11H3,(H,90,131)(H,91,132)(H,92,133)(H,93,122)(H,94,124)(H,95,125)(H,96,127)(H,97,128)(H,98,134)(H,100,126)(H,107,129)(H,108,130)(H,109,135)(H,110,136). The van der Waals surface area contributed by atoms with Crippen LogP contribution in [0.2, 0.25) is 0 Å².